The third-order valence-electron chi connectivity index (χ3n) is 5.24. The van der Waals surface area contributed by atoms with Gasteiger partial charge in [-0.25, -0.2) is 0 Å². The van der Waals surface area contributed by atoms with E-state index < -0.39 is 23.2 Å². The number of rotatable bonds is 17. The minimum absolute atomic E-state index is 0.0417. The topological polar surface area (TPSA) is 87.0 Å². The molecule has 0 radical (unpaired) electrons. The zero-order valence-electron chi connectivity index (χ0n) is 18.1. The second-order valence-electron chi connectivity index (χ2n) is 7.98. The van der Waals surface area contributed by atoms with E-state index in [2.05, 4.69) is 6.92 Å². The third-order valence-corrected chi connectivity index (χ3v) is 5.24. The fourth-order valence-corrected chi connectivity index (χ4v) is 3.46. The van der Waals surface area contributed by atoms with Gasteiger partial charge in [0, 0.05) is 0 Å². The van der Waals surface area contributed by atoms with Gasteiger partial charge in [-0.15, -0.1) is 0 Å². The van der Waals surface area contributed by atoms with Crippen molar-refractivity contribution in [2.45, 2.75) is 103 Å². The Balaban J connectivity index is 1.91. The molecule has 0 aliphatic heterocycles. The lowest BCUT2D eigenvalue weighted by Crippen LogP contribution is -2.09. The van der Waals surface area contributed by atoms with Crippen LogP contribution >= 0.6 is 0 Å². The lowest BCUT2D eigenvalue weighted by molar-refractivity contribution is -0.142. The highest BCUT2D eigenvalue weighted by atomic mass is 16.5. The highest BCUT2D eigenvalue weighted by Gasteiger charge is 2.11. The van der Waals surface area contributed by atoms with Crippen LogP contribution in [0.2, 0.25) is 0 Å². The van der Waals surface area contributed by atoms with Crippen LogP contribution in [0.15, 0.2) is 12.1 Å². The largest absolute Gasteiger partial charge is 0.504 e. The summed E-state index contributed by atoms with van der Waals surface area (Å²) in [7, 11) is 0. The molecular formula is C24H40O5. The van der Waals surface area contributed by atoms with E-state index in [-0.39, 0.29) is 6.42 Å². The smallest absolute Gasteiger partial charge is 0.310 e. The SMILES string of the molecule is CCCCCCCCCCCCCCCCOC(=O)Cc1cc(O)c(O)c(O)c1. The Kier molecular flexibility index (Phi) is 13.8. The molecule has 3 N–H and O–H groups in total. The van der Waals surface area contributed by atoms with E-state index in [1.165, 1.54) is 89.2 Å². The maximum Gasteiger partial charge on any atom is 0.310 e. The maximum absolute atomic E-state index is 11.8. The minimum atomic E-state index is -0.579. The first-order valence-corrected chi connectivity index (χ1v) is 11.4. The molecule has 1 aromatic carbocycles. The second kappa shape index (κ2) is 15.9. The van der Waals surface area contributed by atoms with E-state index in [9.17, 15) is 20.1 Å². The molecule has 0 unspecified atom stereocenters. The Bertz CT molecular complexity index is 547. The summed E-state index contributed by atoms with van der Waals surface area (Å²) >= 11 is 0. The molecule has 0 fully saturated rings. The number of carbonyl (C=O) groups is 1. The first kappa shape index (κ1) is 25.1. The molecule has 0 amide bonds. The van der Waals surface area contributed by atoms with Crippen LogP contribution in [0.3, 0.4) is 0 Å². The number of esters is 1. The summed E-state index contributed by atoms with van der Waals surface area (Å²) in [6.07, 6.45) is 17.9. The van der Waals surface area contributed by atoms with Crippen LogP contribution in [0.25, 0.3) is 0 Å². The van der Waals surface area contributed by atoms with E-state index in [0.29, 0.717) is 12.2 Å². The molecule has 1 rings (SSSR count). The quantitative estimate of drug-likeness (QED) is 0.158. The molecule has 0 aliphatic rings. The van der Waals surface area contributed by atoms with Crippen molar-refractivity contribution in [2.24, 2.45) is 0 Å². The molecule has 29 heavy (non-hydrogen) atoms. The van der Waals surface area contributed by atoms with Crippen molar-refractivity contribution >= 4 is 5.97 Å². The predicted molar refractivity (Wildman–Crippen MR) is 116 cm³/mol. The van der Waals surface area contributed by atoms with Crippen LogP contribution in [0.4, 0.5) is 0 Å². The minimum Gasteiger partial charge on any atom is -0.504 e. The van der Waals surface area contributed by atoms with Crippen LogP contribution in [-0.2, 0) is 16.0 Å². The third kappa shape index (κ3) is 12.3. The van der Waals surface area contributed by atoms with Crippen LogP contribution in [0.5, 0.6) is 17.2 Å². The summed E-state index contributed by atoms with van der Waals surface area (Å²) in [4.78, 5) is 11.8. The Hall–Kier alpha value is -1.91. The van der Waals surface area contributed by atoms with Crippen molar-refractivity contribution in [3.8, 4) is 17.2 Å². The highest BCUT2D eigenvalue weighted by molar-refractivity contribution is 5.73. The summed E-state index contributed by atoms with van der Waals surface area (Å²) in [6, 6.07) is 2.51. The van der Waals surface area contributed by atoms with Crippen LogP contribution in [0, 0.1) is 0 Å². The molecule has 0 aliphatic carbocycles. The predicted octanol–water partition coefficient (Wildman–Crippen LogP) is 6.37. The highest BCUT2D eigenvalue weighted by Crippen LogP contribution is 2.35. The second-order valence-corrected chi connectivity index (χ2v) is 7.98. The van der Waals surface area contributed by atoms with E-state index in [4.69, 9.17) is 4.74 Å². The molecular weight excluding hydrogens is 368 g/mol. The molecule has 0 spiro atoms. The lowest BCUT2D eigenvalue weighted by Gasteiger charge is -2.07. The number of aromatic hydroxyl groups is 3. The van der Waals surface area contributed by atoms with E-state index in [1.54, 1.807) is 0 Å². The summed E-state index contributed by atoms with van der Waals surface area (Å²) in [6.45, 7) is 2.65. The number of hydrogen-bond acceptors (Lipinski definition) is 5. The fraction of sp³-hybridized carbons (Fsp3) is 0.708. The lowest BCUT2D eigenvalue weighted by atomic mass is 10.0. The molecule has 0 saturated heterocycles. The van der Waals surface area contributed by atoms with Gasteiger partial charge in [0.2, 0.25) is 0 Å². The number of carbonyl (C=O) groups excluding carboxylic acids is 1. The number of hydrogen-bond donors (Lipinski definition) is 3. The molecule has 5 heteroatoms. The van der Waals surface area contributed by atoms with Crippen molar-refractivity contribution < 1.29 is 24.9 Å². The maximum atomic E-state index is 11.8. The monoisotopic (exact) mass is 408 g/mol. The van der Waals surface area contributed by atoms with Gasteiger partial charge in [0.1, 0.15) is 0 Å². The van der Waals surface area contributed by atoms with E-state index in [1.807, 2.05) is 0 Å². The number of unbranched alkanes of at least 4 members (excludes halogenated alkanes) is 13. The summed E-state index contributed by atoms with van der Waals surface area (Å²) < 4.78 is 5.20. The number of phenols is 3. The van der Waals surface area contributed by atoms with Crippen LogP contribution in [0.1, 0.15) is 102 Å². The van der Waals surface area contributed by atoms with Gasteiger partial charge in [-0.05, 0) is 24.1 Å². The Morgan fingerprint density at radius 1 is 0.724 bits per heavy atom. The molecule has 0 saturated carbocycles. The molecule has 0 bridgehead atoms. The molecule has 0 heterocycles. The van der Waals surface area contributed by atoms with Crippen LogP contribution < -0.4 is 0 Å². The van der Waals surface area contributed by atoms with Crippen molar-refractivity contribution in [2.75, 3.05) is 6.61 Å². The van der Waals surface area contributed by atoms with Gasteiger partial charge in [-0.2, -0.15) is 0 Å². The summed E-state index contributed by atoms with van der Waals surface area (Å²) in [5, 5.41) is 28.2. The average molecular weight is 409 g/mol. The van der Waals surface area contributed by atoms with Crippen molar-refractivity contribution in [3.05, 3.63) is 17.7 Å². The number of phenolic OH excluding ortho intramolecular Hbond substituents is 3. The normalized spacial score (nSPS) is 10.9. The first-order chi connectivity index (χ1) is 14.0. The summed E-state index contributed by atoms with van der Waals surface area (Å²) in [5.41, 5.74) is 0.406. The standard InChI is InChI=1S/C24H40O5/c1-2-3-4-5-6-7-8-9-10-11-12-13-14-15-16-29-23(27)19-20-17-21(25)24(28)22(26)18-20/h17-18,25-26,28H,2-16,19H2,1H3. The van der Waals surface area contributed by atoms with Crippen molar-refractivity contribution in [1.29, 1.82) is 0 Å². The fourth-order valence-electron chi connectivity index (χ4n) is 3.46. The van der Waals surface area contributed by atoms with Crippen LogP contribution in [-0.4, -0.2) is 27.9 Å². The molecule has 166 valence electrons. The van der Waals surface area contributed by atoms with Gasteiger partial charge in [0.15, 0.2) is 17.2 Å². The Labute approximate surface area is 176 Å². The van der Waals surface area contributed by atoms with E-state index in [0.717, 1.165) is 12.8 Å². The van der Waals surface area contributed by atoms with E-state index >= 15 is 0 Å². The Morgan fingerprint density at radius 3 is 1.59 bits per heavy atom. The first-order valence-electron chi connectivity index (χ1n) is 11.4. The molecule has 0 aromatic heterocycles. The van der Waals surface area contributed by atoms with Gasteiger partial charge in [0.25, 0.3) is 0 Å². The van der Waals surface area contributed by atoms with Gasteiger partial charge in [-0.1, -0.05) is 90.4 Å². The summed E-state index contributed by atoms with van der Waals surface area (Å²) in [5.74, 6) is -1.87. The molecule has 5 nitrogen and oxygen atoms in total. The van der Waals surface area contributed by atoms with Gasteiger partial charge in [-0.3, -0.25) is 4.79 Å². The van der Waals surface area contributed by atoms with Crippen molar-refractivity contribution in [1.82, 2.24) is 0 Å². The zero-order chi connectivity index (χ0) is 21.3. The molecule has 1 aromatic rings. The average Bonchev–Trinajstić information content (AvgIpc) is 2.69. The van der Waals surface area contributed by atoms with Gasteiger partial charge < -0.3 is 20.1 Å². The number of benzene rings is 1. The zero-order valence-corrected chi connectivity index (χ0v) is 18.1. The Morgan fingerprint density at radius 2 is 1.14 bits per heavy atom. The molecule has 0 atom stereocenters. The van der Waals surface area contributed by atoms with Gasteiger partial charge >= 0.3 is 5.97 Å². The van der Waals surface area contributed by atoms with Gasteiger partial charge in [0.05, 0.1) is 13.0 Å². The number of ether oxygens (including phenoxy) is 1. The van der Waals surface area contributed by atoms with Crippen molar-refractivity contribution in [3.63, 3.8) is 0 Å².